The molecule has 0 heterocycles. The van der Waals surface area contributed by atoms with E-state index in [1.807, 2.05) is 12.1 Å². The number of phenolic OH excluding ortho intramolecular Hbond substituents is 1. The Balaban J connectivity index is 1.14. The molecule has 3 aliphatic rings. The molecule has 0 bridgehead atoms. The Bertz CT molecular complexity index is 990. The fraction of sp³-hybridized carbons (Fsp3) is 0.636. The van der Waals surface area contributed by atoms with Gasteiger partial charge in [0.15, 0.2) is 0 Å². The van der Waals surface area contributed by atoms with Crippen LogP contribution in [0.15, 0.2) is 48.5 Å². The van der Waals surface area contributed by atoms with Crippen LogP contribution in [-0.4, -0.2) is 41.4 Å². The number of unbranched alkanes of at least 4 members (excludes halogenated alkanes) is 2. The van der Waals surface area contributed by atoms with Gasteiger partial charge in [-0.25, -0.2) is 0 Å². The lowest BCUT2D eigenvalue weighted by atomic mass is 9.51. The van der Waals surface area contributed by atoms with Gasteiger partial charge in [0.25, 0.3) is 0 Å². The van der Waals surface area contributed by atoms with Crippen molar-refractivity contribution in [1.82, 2.24) is 4.90 Å². The largest absolute Gasteiger partial charge is 0.508 e. The van der Waals surface area contributed by atoms with E-state index in [2.05, 4.69) is 55.3 Å². The molecule has 0 saturated heterocycles. The lowest BCUT2D eigenvalue weighted by Gasteiger charge is -2.54. The van der Waals surface area contributed by atoms with Gasteiger partial charge in [-0.3, -0.25) is 0 Å². The molecule has 2 aromatic carbocycles. The normalized spacial score (nSPS) is 31.2. The van der Waals surface area contributed by atoms with E-state index < -0.39 is 0 Å². The van der Waals surface area contributed by atoms with Crippen molar-refractivity contribution in [1.29, 1.82) is 0 Å². The van der Waals surface area contributed by atoms with Crippen LogP contribution in [0.5, 0.6) is 5.75 Å². The van der Waals surface area contributed by atoms with E-state index in [1.54, 1.807) is 0 Å². The zero-order valence-electron chi connectivity index (χ0n) is 22.5. The molecule has 6 atom stereocenters. The number of aliphatic hydroxyl groups is 1. The Morgan fingerprint density at radius 1 is 0.944 bits per heavy atom. The van der Waals surface area contributed by atoms with Gasteiger partial charge in [0.1, 0.15) is 5.75 Å². The standard InChI is InChI=1S/C33H47NO2/c1-33-23-26(13-7-4-8-20-34(2)21-9-12-24-10-5-3-6-11-24)32-28-17-15-27(35)22-25(28)14-16-29(32)30(33)18-19-31(33)36/h3,5-6,10-11,15,17,22,26,29-32,35-36H,4,7-9,12-14,16,18-21,23H2,1-2H3/t26-,29?,30?,31?,32?,33?/m0/s1. The molecule has 0 amide bonds. The van der Waals surface area contributed by atoms with Crippen LogP contribution in [0, 0.1) is 23.2 Å². The molecule has 2 aromatic rings. The van der Waals surface area contributed by atoms with Gasteiger partial charge < -0.3 is 15.1 Å². The lowest BCUT2D eigenvalue weighted by molar-refractivity contribution is -0.0501. The first-order chi connectivity index (χ1) is 17.5. The van der Waals surface area contributed by atoms with Gasteiger partial charge in [-0.05, 0) is 136 Å². The molecule has 0 spiro atoms. The maximum absolute atomic E-state index is 11.0. The molecule has 5 unspecified atom stereocenters. The summed E-state index contributed by atoms with van der Waals surface area (Å²) in [5.74, 6) is 3.02. The van der Waals surface area contributed by atoms with Crippen LogP contribution in [0.4, 0.5) is 0 Å². The van der Waals surface area contributed by atoms with Gasteiger partial charge in [-0.1, -0.05) is 56.2 Å². The van der Waals surface area contributed by atoms with Gasteiger partial charge in [0.05, 0.1) is 6.10 Å². The number of phenols is 1. The Hall–Kier alpha value is -1.84. The van der Waals surface area contributed by atoms with E-state index in [0.717, 1.165) is 12.8 Å². The molecule has 196 valence electrons. The second-order valence-corrected chi connectivity index (χ2v) is 12.5. The van der Waals surface area contributed by atoms with Gasteiger partial charge in [0, 0.05) is 0 Å². The molecular formula is C33H47NO2. The van der Waals surface area contributed by atoms with Crippen molar-refractivity contribution < 1.29 is 10.2 Å². The molecule has 0 aliphatic heterocycles. The van der Waals surface area contributed by atoms with Crippen molar-refractivity contribution in [2.45, 2.75) is 89.6 Å². The molecule has 36 heavy (non-hydrogen) atoms. The second-order valence-electron chi connectivity index (χ2n) is 12.5. The predicted octanol–water partition coefficient (Wildman–Crippen LogP) is 6.96. The molecule has 3 heteroatoms. The van der Waals surface area contributed by atoms with Crippen molar-refractivity contribution in [2.75, 3.05) is 20.1 Å². The highest BCUT2D eigenvalue weighted by Gasteiger charge is 2.57. The molecule has 2 N–H and O–H groups in total. The summed E-state index contributed by atoms with van der Waals surface area (Å²) in [6.45, 7) is 4.75. The smallest absolute Gasteiger partial charge is 0.115 e. The van der Waals surface area contributed by atoms with E-state index >= 15 is 0 Å². The fourth-order valence-electron chi connectivity index (χ4n) is 8.40. The Kier molecular flexibility index (Phi) is 8.08. The summed E-state index contributed by atoms with van der Waals surface area (Å²) in [7, 11) is 2.27. The SMILES string of the molecule is CN(CCCCC[C@H]1CC2(C)C(O)CCC2C2CCc3cc(O)ccc3C21)CCCc1ccccc1. The first kappa shape index (κ1) is 25.8. The first-order valence-corrected chi connectivity index (χ1v) is 14.7. The van der Waals surface area contributed by atoms with Crippen LogP contribution in [-0.2, 0) is 12.8 Å². The van der Waals surface area contributed by atoms with Gasteiger partial charge >= 0.3 is 0 Å². The monoisotopic (exact) mass is 489 g/mol. The fourth-order valence-corrected chi connectivity index (χ4v) is 8.40. The third-order valence-corrected chi connectivity index (χ3v) is 10.2. The van der Waals surface area contributed by atoms with Crippen molar-refractivity contribution in [3.63, 3.8) is 0 Å². The summed E-state index contributed by atoms with van der Waals surface area (Å²) < 4.78 is 0. The summed E-state index contributed by atoms with van der Waals surface area (Å²) in [5, 5.41) is 21.1. The molecule has 2 saturated carbocycles. The highest BCUT2D eigenvalue weighted by atomic mass is 16.3. The van der Waals surface area contributed by atoms with Crippen LogP contribution >= 0.6 is 0 Å². The Morgan fingerprint density at radius 2 is 1.75 bits per heavy atom. The minimum absolute atomic E-state index is 0.0965. The number of hydrogen-bond donors (Lipinski definition) is 2. The van der Waals surface area contributed by atoms with Gasteiger partial charge in [-0.2, -0.15) is 0 Å². The van der Waals surface area contributed by atoms with Gasteiger partial charge in [0.2, 0.25) is 0 Å². The zero-order chi connectivity index (χ0) is 25.1. The second kappa shape index (κ2) is 11.3. The maximum atomic E-state index is 11.0. The number of aryl methyl sites for hydroxylation is 2. The number of hydrogen-bond acceptors (Lipinski definition) is 3. The van der Waals surface area contributed by atoms with E-state index in [4.69, 9.17) is 0 Å². The predicted molar refractivity (Wildman–Crippen MR) is 148 cm³/mol. The number of aromatic hydroxyl groups is 1. The topological polar surface area (TPSA) is 43.7 Å². The molecule has 3 aliphatic carbocycles. The quantitative estimate of drug-likeness (QED) is 0.355. The number of nitrogens with zero attached hydrogens (tertiary/aromatic N) is 1. The van der Waals surface area contributed by atoms with E-state index in [0.29, 0.717) is 29.4 Å². The van der Waals surface area contributed by atoms with Crippen molar-refractivity contribution in [3.05, 3.63) is 65.2 Å². The van der Waals surface area contributed by atoms with E-state index in [1.165, 1.54) is 87.6 Å². The number of rotatable bonds is 10. The molecule has 2 fully saturated rings. The van der Waals surface area contributed by atoms with Crippen molar-refractivity contribution in [3.8, 4) is 5.75 Å². The molecule has 0 aromatic heterocycles. The molecule has 3 nitrogen and oxygen atoms in total. The average molecular weight is 490 g/mol. The third kappa shape index (κ3) is 5.38. The van der Waals surface area contributed by atoms with E-state index in [9.17, 15) is 10.2 Å². The summed E-state index contributed by atoms with van der Waals surface area (Å²) in [4.78, 5) is 2.50. The Labute approximate surface area is 218 Å². The van der Waals surface area contributed by atoms with Crippen LogP contribution in [0.2, 0.25) is 0 Å². The average Bonchev–Trinajstić information content (AvgIpc) is 3.17. The first-order valence-electron chi connectivity index (χ1n) is 14.7. The summed E-state index contributed by atoms with van der Waals surface area (Å²) >= 11 is 0. The number of fused-ring (bicyclic) bond motifs is 5. The highest BCUT2D eigenvalue weighted by Crippen LogP contribution is 2.63. The third-order valence-electron chi connectivity index (χ3n) is 10.2. The van der Waals surface area contributed by atoms with Crippen LogP contribution in [0.3, 0.4) is 0 Å². The van der Waals surface area contributed by atoms with Crippen LogP contribution in [0.25, 0.3) is 0 Å². The minimum atomic E-state index is -0.128. The molecule has 5 rings (SSSR count). The Morgan fingerprint density at radius 3 is 2.58 bits per heavy atom. The zero-order valence-corrected chi connectivity index (χ0v) is 22.5. The van der Waals surface area contributed by atoms with Crippen molar-refractivity contribution >= 4 is 0 Å². The van der Waals surface area contributed by atoms with Crippen molar-refractivity contribution in [2.24, 2.45) is 23.2 Å². The number of benzene rings is 2. The summed E-state index contributed by atoms with van der Waals surface area (Å²) in [6.07, 6.45) is 13.0. The van der Waals surface area contributed by atoms with Crippen LogP contribution < -0.4 is 0 Å². The molecular weight excluding hydrogens is 442 g/mol. The summed E-state index contributed by atoms with van der Waals surface area (Å²) in [6, 6.07) is 17.0. The number of aliphatic hydroxyl groups excluding tert-OH is 1. The van der Waals surface area contributed by atoms with E-state index in [-0.39, 0.29) is 11.5 Å². The molecule has 0 radical (unpaired) electrons. The highest BCUT2D eigenvalue weighted by molar-refractivity contribution is 5.40. The lowest BCUT2D eigenvalue weighted by Crippen LogP contribution is -2.47. The summed E-state index contributed by atoms with van der Waals surface area (Å²) in [5.41, 5.74) is 4.43. The maximum Gasteiger partial charge on any atom is 0.115 e. The van der Waals surface area contributed by atoms with Gasteiger partial charge in [-0.15, -0.1) is 0 Å². The minimum Gasteiger partial charge on any atom is -0.508 e. The van der Waals surface area contributed by atoms with Crippen LogP contribution in [0.1, 0.15) is 87.3 Å².